The number of amides is 3. The molecule has 0 fully saturated rings. The SMILES string of the molecule is CC(OP(=O)(O)OCC(OC(C)n1cnc2c(N)nc(F)nc21)C(O)O)C(CC(C)(C)O)NC(=O)CC(C)(C)CC(C)(C)CNC(=O)C(C)(C)CC(C)(C)CC(NC(=O)c1ccc(NCc2cnc3nc(N)[nH]c(=O)c3n2)cc1)C(=O)O.CCC. The normalized spacial score (nSPS) is 15.0. The molecule has 4 heterocycles. The first-order valence-electron chi connectivity index (χ1n) is 27.7. The zero-order valence-electron chi connectivity index (χ0n) is 50.8. The zero-order chi connectivity index (χ0) is 64.2. The van der Waals surface area contributed by atoms with Crippen molar-refractivity contribution in [3.05, 3.63) is 64.5 Å². The molecule has 28 nitrogen and oxygen atoms in total. The third kappa shape index (κ3) is 22.2. The highest BCUT2D eigenvalue weighted by Gasteiger charge is 2.40. The molecule has 5 rings (SSSR count). The van der Waals surface area contributed by atoms with E-state index in [0.29, 0.717) is 17.8 Å². The van der Waals surface area contributed by atoms with E-state index < -0.39 is 108 Å². The number of imidazole rings is 1. The van der Waals surface area contributed by atoms with Crippen LogP contribution in [0.4, 0.5) is 21.8 Å². The molecule has 0 saturated heterocycles. The van der Waals surface area contributed by atoms with E-state index in [2.05, 4.69) is 70.0 Å². The van der Waals surface area contributed by atoms with Crippen molar-refractivity contribution in [2.24, 2.45) is 21.7 Å². The van der Waals surface area contributed by atoms with Gasteiger partial charge >= 0.3 is 19.9 Å². The monoisotopic (exact) mass is 1220 g/mol. The number of aliphatic hydroxyl groups excluding tert-OH is 1. The van der Waals surface area contributed by atoms with Gasteiger partial charge in [0, 0.05) is 29.6 Å². The summed E-state index contributed by atoms with van der Waals surface area (Å²) in [5.74, 6) is -2.96. The van der Waals surface area contributed by atoms with Gasteiger partial charge in [-0.3, -0.25) is 37.8 Å². The number of hydrogen-bond acceptors (Lipinski definition) is 21. The maximum absolute atomic E-state index is 13.9. The number of carbonyl (C=O) groups is 4. The van der Waals surface area contributed by atoms with Crippen molar-refractivity contribution in [2.45, 2.75) is 184 Å². The molecule has 472 valence electrons. The molecule has 0 aliphatic heterocycles. The summed E-state index contributed by atoms with van der Waals surface area (Å²) in [5.41, 5.74) is 7.71. The van der Waals surface area contributed by atoms with Crippen LogP contribution < -0.4 is 38.3 Å². The van der Waals surface area contributed by atoms with E-state index in [9.17, 15) is 58.2 Å². The van der Waals surface area contributed by atoms with Crippen molar-refractivity contribution < 1.29 is 67.2 Å². The third-order valence-corrected chi connectivity index (χ3v) is 14.3. The van der Waals surface area contributed by atoms with Crippen LogP contribution in [0, 0.1) is 27.7 Å². The lowest BCUT2D eigenvalue weighted by Crippen LogP contribution is -2.48. The quantitative estimate of drug-likeness (QED) is 0.0159. The lowest BCUT2D eigenvalue weighted by atomic mass is 9.71. The Kier molecular flexibility index (Phi) is 24.1. The molecule has 0 aliphatic rings. The summed E-state index contributed by atoms with van der Waals surface area (Å²) in [6.07, 6.45) is -3.06. The average Bonchev–Trinajstić information content (AvgIpc) is 2.40. The number of ether oxygens (including phenoxy) is 1. The van der Waals surface area contributed by atoms with E-state index in [0.717, 1.165) is 0 Å². The largest absolute Gasteiger partial charge is 0.480 e. The lowest BCUT2D eigenvalue weighted by Gasteiger charge is -2.38. The molecule has 0 saturated carbocycles. The van der Waals surface area contributed by atoms with Crippen LogP contribution in [0.2, 0.25) is 0 Å². The number of benzene rings is 1. The molecule has 4 aromatic heterocycles. The third-order valence-electron chi connectivity index (χ3n) is 13.2. The van der Waals surface area contributed by atoms with Crippen molar-refractivity contribution in [3.8, 4) is 0 Å². The zero-order valence-corrected chi connectivity index (χ0v) is 51.7. The summed E-state index contributed by atoms with van der Waals surface area (Å²) < 4.78 is 44.6. The van der Waals surface area contributed by atoms with Gasteiger partial charge in [0.1, 0.15) is 18.4 Å². The molecule has 1 aromatic carbocycles. The Balaban J connectivity index is 0.00000505. The smallest absolute Gasteiger partial charge is 0.472 e. The molecule has 0 spiro atoms. The summed E-state index contributed by atoms with van der Waals surface area (Å²) in [6.45, 7) is 24.2. The van der Waals surface area contributed by atoms with Gasteiger partial charge in [-0.15, -0.1) is 0 Å². The standard InChI is InChI=1S/C52H78FN14O14P.C3H8/c1-27(81-82(77,78)79-22-34(44(73)74)80-28(2)67-26-59-36-38(54)63-46(53)65-40(36)67)32(18-52(11,12)76)61-35(68)19-49(5,6)23-50(7,8)25-58-45(75)51(9,10)24-48(3,4)17-33(43(71)72)62-41(69)29-13-15-30(16-14-29)56-20-31-21-57-39-37(60-31)42(70)66-47(55)64-39;1-3-2/h13-16,21,26-28,32-34,44,56,73-74,76H,17-20,22-25H2,1-12H3,(H,58,75)(H,61,68)(H,62,69)(H,71,72)(H,77,78)(H2,54,63,65)(H3,55,57,64,66,70);3H2,1-2H3. The highest BCUT2D eigenvalue weighted by Crippen LogP contribution is 2.46. The second kappa shape index (κ2) is 29.0. The minimum absolute atomic E-state index is 0.00476. The van der Waals surface area contributed by atoms with E-state index in [1.807, 2.05) is 41.5 Å². The fourth-order valence-electron chi connectivity index (χ4n) is 10.0. The molecule has 6 unspecified atom stereocenters. The number of nitrogens with two attached hydrogens (primary N) is 2. The number of hydrogen-bond donors (Lipinski definition) is 12. The number of fused-ring (bicyclic) bond motifs is 2. The number of phosphoric ester groups is 1. The Labute approximate surface area is 492 Å². The van der Waals surface area contributed by atoms with Crippen molar-refractivity contribution in [1.82, 2.24) is 55.4 Å². The summed E-state index contributed by atoms with van der Waals surface area (Å²) in [6, 6.07) is 3.98. The average molecular weight is 1220 g/mol. The number of halogens is 1. The van der Waals surface area contributed by atoms with Crippen molar-refractivity contribution >= 4 is 71.3 Å². The Morgan fingerprint density at radius 3 is 2.09 bits per heavy atom. The number of H-pyrrole nitrogens is 1. The number of aliphatic hydroxyl groups is 3. The number of carbonyl (C=O) groups excluding carboxylic acids is 3. The molecule has 5 aromatic rings. The molecular weight excluding hydrogens is 1130 g/mol. The Morgan fingerprint density at radius 2 is 1.49 bits per heavy atom. The maximum atomic E-state index is 13.9. The number of aromatic nitrogens is 8. The van der Waals surface area contributed by atoms with Crippen LogP contribution in [0.1, 0.15) is 158 Å². The number of carboxylic acid groups (broad SMARTS) is 1. The number of aromatic amines is 1. The van der Waals surface area contributed by atoms with Crippen LogP contribution in [-0.2, 0) is 39.3 Å². The number of anilines is 3. The molecular formula is C55H86FN14O14P. The predicted molar refractivity (Wildman–Crippen MR) is 314 cm³/mol. The van der Waals surface area contributed by atoms with E-state index in [-0.39, 0.29) is 84.3 Å². The van der Waals surface area contributed by atoms with Gasteiger partial charge in [0.15, 0.2) is 34.4 Å². The summed E-state index contributed by atoms with van der Waals surface area (Å²) in [7, 11) is -5.04. The van der Waals surface area contributed by atoms with Gasteiger partial charge < -0.3 is 62.8 Å². The van der Waals surface area contributed by atoms with Gasteiger partial charge in [-0.2, -0.15) is 19.3 Å². The fraction of sp³-hybridized carbons (Fsp3) is 0.618. The Hall–Kier alpha value is -6.85. The number of nitrogen functional groups attached to an aromatic ring is 2. The van der Waals surface area contributed by atoms with Crippen molar-refractivity contribution in [1.29, 1.82) is 0 Å². The first-order chi connectivity index (χ1) is 39.1. The molecule has 14 N–H and O–H groups in total. The van der Waals surface area contributed by atoms with Gasteiger partial charge in [-0.05, 0) is 93.9 Å². The summed E-state index contributed by atoms with van der Waals surface area (Å²) in [4.78, 5) is 102. The Bertz CT molecular complexity index is 3210. The molecule has 0 radical (unpaired) electrons. The number of nitrogens with zero attached hydrogens (tertiary/aromatic N) is 7. The summed E-state index contributed by atoms with van der Waals surface area (Å²) >= 11 is 0. The van der Waals surface area contributed by atoms with Gasteiger partial charge in [-0.1, -0.05) is 75.7 Å². The lowest BCUT2D eigenvalue weighted by molar-refractivity contribution is -0.185. The molecule has 0 bridgehead atoms. The second-order valence-electron chi connectivity index (χ2n) is 24.9. The van der Waals surface area contributed by atoms with Gasteiger partial charge in [0.2, 0.25) is 17.8 Å². The van der Waals surface area contributed by atoms with Crippen molar-refractivity contribution in [3.63, 3.8) is 0 Å². The van der Waals surface area contributed by atoms with Crippen LogP contribution in [-0.4, -0.2) is 138 Å². The minimum atomic E-state index is -5.04. The molecule has 6 atom stereocenters. The topological polar surface area (TPSA) is 429 Å². The van der Waals surface area contributed by atoms with Crippen LogP contribution in [0.15, 0.2) is 41.6 Å². The maximum Gasteiger partial charge on any atom is 0.472 e. The molecule has 0 aliphatic carbocycles. The molecule has 85 heavy (non-hydrogen) atoms. The van der Waals surface area contributed by atoms with Gasteiger partial charge in [0.25, 0.3) is 11.5 Å². The minimum Gasteiger partial charge on any atom is -0.480 e. The first kappa shape index (κ1) is 70.6. The fourth-order valence-corrected chi connectivity index (χ4v) is 11.0. The second-order valence-corrected chi connectivity index (χ2v) is 26.3. The highest BCUT2D eigenvalue weighted by atomic mass is 31.2. The van der Waals surface area contributed by atoms with Gasteiger partial charge in [-0.25, -0.2) is 24.3 Å². The number of phosphoric acid groups is 1. The molecule has 3 amide bonds. The Morgan fingerprint density at radius 1 is 0.859 bits per heavy atom. The van der Waals surface area contributed by atoms with E-state index in [4.69, 9.17) is 25.3 Å². The number of aliphatic carboxylic acids is 1. The van der Waals surface area contributed by atoms with E-state index >= 15 is 0 Å². The van der Waals surface area contributed by atoms with Crippen molar-refractivity contribution in [2.75, 3.05) is 29.9 Å². The first-order valence-corrected chi connectivity index (χ1v) is 29.2. The van der Waals surface area contributed by atoms with Crippen LogP contribution in [0.25, 0.3) is 22.3 Å². The number of nitrogens with one attached hydrogen (secondary N) is 5. The van der Waals surface area contributed by atoms with E-state index in [1.54, 1.807) is 26.0 Å². The van der Waals surface area contributed by atoms with Gasteiger partial charge in [0.05, 0.1) is 49.1 Å². The van der Waals surface area contributed by atoms with Crippen LogP contribution >= 0.6 is 7.82 Å². The predicted octanol–water partition coefficient (Wildman–Crippen LogP) is 5.23. The number of carboxylic acids is 1. The van der Waals surface area contributed by atoms with Crippen LogP contribution in [0.5, 0.6) is 0 Å². The summed E-state index contributed by atoms with van der Waals surface area (Å²) in [5, 5.41) is 52.7. The van der Waals surface area contributed by atoms with Crippen LogP contribution in [0.3, 0.4) is 0 Å². The van der Waals surface area contributed by atoms with E-state index in [1.165, 1.54) is 63.3 Å². The highest BCUT2D eigenvalue weighted by molar-refractivity contribution is 7.47. The number of rotatable bonds is 30. The molecule has 30 heteroatoms.